The second-order valence-electron chi connectivity index (χ2n) is 7.31. The van der Waals surface area contributed by atoms with Crippen molar-refractivity contribution < 1.29 is 14.3 Å². The minimum atomic E-state index is -0.0551. The molecule has 0 unspecified atom stereocenters. The maximum absolute atomic E-state index is 13.4. The molecule has 4 rings (SSSR count). The van der Waals surface area contributed by atoms with E-state index in [1.165, 1.54) is 11.8 Å². The van der Waals surface area contributed by atoms with Gasteiger partial charge in [0.15, 0.2) is 16.7 Å². The first-order chi connectivity index (χ1) is 16.1. The van der Waals surface area contributed by atoms with Crippen LogP contribution in [0, 0.1) is 3.57 Å². The Balaban J connectivity index is 1.67. The van der Waals surface area contributed by atoms with Gasteiger partial charge in [0.2, 0.25) is 0 Å². The third kappa shape index (κ3) is 5.59. The largest absolute Gasteiger partial charge is 0.493 e. The number of benzene rings is 3. The molecule has 168 valence electrons. The first-order valence-electron chi connectivity index (χ1n) is 10.3. The minimum absolute atomic E-state index is 0.0551. The number of amidine groups is 1. The lowest BCUT2D eigenvalue weighted by atomic mass is 10.1. The van der Waals surface area contributed by atoms with Crippen LogP contribution in [0.4, 0.5) is 0 Å². The van der Waals surface area contributed by atoms with E-state index < -0.39 is 0 Å². The molecule has 7 heteroatoms. The number of aliphatic imine (C=N–C) groups is 1. The summed E-state index contributed by atoms with van der Waals surface area (Å²) in [6.45, 7) is 0.990. The molecule has 0 spiro atoms. The van der Waals surface area contributed by atoms with Crippen molar-refractivity contribution in [2.75, 3.05) is 14.2 Å². The summed E-state index contributed by atoms with van der Waals surface area (Å²) in [5.74, 6) is 1.26. The Morgan fingerprint density at radius 3 is 2.27 bits per heavy atom. The van der Waals surface area contributed by atoms with E-state index in [2.05, 4.69) is 22.6 Å². The molecule has 5 nitrogen and oxygen atoms in total. The number of carbonyl (C=O) groups is 1. The van der Waals surface area contributed by atoms with Gasteiger partial charge < -0.3 is 9.47 Å². The van der Waals surface area contributed by atoms with Crippen LogP contribution in [0.1, 0.15) is 16.7 Å². The number of rotatable bonds is 7. The number of halogens is 1. The fourth-order valence-electron chi connectivity index (χ4n) is 3.45. The van der Waals surface area contributed by atoms with Crippen LogP contribution in [-0.4, -0.2) is 30.2 Å². The van der Waals surface area contributed by atoms with Crippen molar-refractivity contribution in [3.8, 4) is 11.5 Å². The Bertz CT molecular complexity index is 1200. The van der Waals surface area contributed by atoms with Gasteiger partial charge in [-0.15, -0.1) is 0 Å². The van der Waals surface area contributed by atoms with E-state index >= 15 is 0 Å². The predicted molar refractivity (Wildman–Crippen MR) is 142 cm³/mol. The molecule has 1 heterocycles. The van der Waals surface area contributed by atoms with Crippen LogP contribution in [0.2, 0.25) is 0 Å². The highest BCUT2D eigenvalue weighted by atomic mass is 127. The van der Waals surface area contributed by atoms with Gasteiger partial charge in [-0.05, 0) is 69.3 Å². The van der Waals surface area contributed by atoms with Gasteiger partial charge in [-0.1, -0.05) is 60.7 Å². The summed E-state index contributed by atoms with van der Waals surface area (Å²) in [6, 6.07) is 23.9. The SMILES string of the molecule is COc1cc(/C=C2\SC(=NCc3ccccc3)N(Cc3ccccc3)C2=O)cc(I)c1OC. The quantitative estimate of drug-likeness (QED) is 0.259. The second-order valence-corrected chi connectivity index (χ2v) is 9.48. The summed E-state index contributed by atoms with van der Waals surface area (Å²) in [4.78, 5) is 20.6. The van der Waals surface area contributed by atoms with E-state index in [1.54, 1.807) is 19.1 Å². The van der Waals surface area contributed by atoms with Crippen molar-refractivity contribution in [1.29, 1.82) is 0 Å². The zero-order chi connectivity index (χ0) is 23.2. The first kappa shape index (κ1) is 23.4. The Kier molecular flexibility index (Phi) is 7.72. The normalized spacial score (nSPS) is 16.0. The van der Waals surface area contributed by atoms with E-state index in [0.29, 0.717) is 34.7 Å². The van der Waals surface area contributed by atoms with E-state index in [1.807, 2.05) is 78.9 Å². The molecule has 1 aliphatic heterocycles. The molecule has 0 radical (unpaired) electrons. The Labute approximate surface area is 211 Å². The van der Waals surface area contributed by atoms with Gasteiger partial charge in [-0.3, -0.25) is 14.7 Å². The summed E-state index contributed by atoms with van der Waals surface area (Å²) in [7, 11) is 3.22. The molecule has 33 heavy (non-hydrogen) atoms. The van der Waals surface area contributed by atoms with Gasteiger partial charge in [0.1, 0.15) is 0 Å². The van der Waals surface area contributed by atoms with Crippen LogP contribution in [-0.2, 0) is 17.9 Å². The Hall–Kier alpha value is -2.78. The Morgan fingerprint density at radius 1 is 0.970 bits per heavy atom. The van der Waals surface area contributed by atoms with Crippen LogP contribution in [0.25, 0.3) is 6.08 Å². The van der Waals surface area contributed by atoms with Crippen LogP contribution in [0.5, 0.6) is 11.5 Å². The number of methoxy groups -OCH3 is 2. The summed E-state index contributed by atoms with van der Waals surface area (Å²) < 4.78 is 11.8. The molecule has 0 saturated carbocycles. The number of thioether (sulfide) groups is 1. The highest BCUT2D eigenvalue weighted by Gasteiger charge is 2.33. The number of hydrogen-bond donors (Lipinski definition) is 0. The van der Waals surface area contributed by atoms with Gasteiger partial charge >= 0.3 is 0 Å². The molecule has 0 aromatic heterocycles. The van der Waals surface area contributed by atoms with Crippen molar-refractivity contribution in [3.05, 3.63) is 98.0 Å². The average molecular weight is 570 g/mol. The molecular formula is C26H23IN2O3S. The predicted octanol–water partition coefficient (Wildman–Crippen LogP) is 5.98. The van der Waals surface area contributed by atoms with Gasteiger partial charge in [0.05, 0.1) is 35.8 Å². The van der Waals surface area contributed by atoms with E-state index in [0.717, 1.165) is 20.3 Å². The summed E-state index contributed by atoms with van der Waals surface area (Å²) in [5, 5.41) is 0.703. The molecule has 1 amide bonds. The number of amides is 1. The third-order valence-corrected chi connectivity index (χ3v) is 6.91. The zero-order valence-corrected chi connectivity index (χ0v) is 21.3. The molecule has 1 saturated heterocycles. The fourth-order valence-corrected chi connectivity index (χ4v) is 5.27. The maximum atomic E-state index is 13.4. The summed E-state index contributed by atoms with van der Waals surface area (Å²) in [5.41, 5.74) is 3.03. The van der Waals surface area contributed by atoms with E-state index in [4.69, 9.17) is 14.5 Å². The molecule has 3 aromatic carbocycles. The van der Waals surface area contributed by atoms with Gasteiger partial charge in [-0.25, -0.2) is 0 Å². The third-order valence-electron chi connectivity index (χ3n) is 5.06. The van der Waals surface area contributed by atoms with Crippen LogP contribution >= 0.6 is 34.4 Å². The van der Waals surface area contributed by atoms with Crippen molar-refractivity contribution in [3.63, 3.8) is 0 Å². The van der Waals surface area contributed by atoms with Crippen molar-refractivity contribution in [1.82, 2.24) is 4.90 Å². The number of carbonyl (C=O) groups excluding carboxylic acids is 1. The Morgan fingerprint density at radius 2 is 1.64 bits per heavy atom. The number of nitrogens with zero attached hydrogens (tertiary/aromatic N) is 2. The molecule has 0 aliphatic carbocycles. The van der Waals surface area contributed by atoms with Crippen molar-refractivity contribution in [2.45, 2.75) is 13.1 Å². The lowest BCUT2D eigenvalue weighted by Crippen LogP contribution is -2.28. The monoisotopic (exact) mass is 570 g/mol. The highest BCUT2D eigenvalue weighted by Crippen LogP contribution is 2.37. The van der Waals surface area contributed by atoms with Gasteiger partial charge in [0.25, 0.3) is 5.91 Å². The molecule has 0 bridgehead atoms. The zero-order valence-electron chi connectivity index (χ0n) is 18.3. The van der Waals surface area contributed by atoms with Crippen molar-refractivity contribution >= 4 is 51.5 Å². The summed E-state index contributed by atoms with van der Waals surface area (Å²) in [6.07, 6.45) is 1.89. The number of ether oxygens (including phenoxy) is 2. The lowest BCUT2D eigenvalue weighted by molar-refractivity contribution is -0.122. The van der Waals surface area contributed by atoms with Crippen LogP contribution < -0.4 is 9.47 Å². The maximum Gasteiger partial charge on any atom is 0.267 e. The molecule has 0 atom stereocenters. The molecule has 3 aromatic rings. The van der Waals surface area contributed by atoms with Crippen LogP contribution in [0.3, 0.4) is 0 Å². The first-order valence-corrected chi connectivity index (χ1v) is 12.2. The van der Waals surface area contributed by atoms with Gasteiger partial charge in [0, 0.05) is 0 Å². The standard InChI is InChI=1S/C26H23IN2O3S/c1-31-22-14-20(13-21(27)24(22)32-2)15-23-25(30)29(17-19-11-7-4-8-12-19)26(33-23)28-16-18-9-5-3-6-10-18/h3-15H,16-17H2,1-2H3/b23-15-,28-26?. The molecular weight excluding hydrogens is 547 g/mol. The van der Waals surface area contributed by atoms with Crippen molar-refractivity contribution in [2.24, 2.45) is 4.99 Å². The molecule has 1 fully saturated rings. The number of hydrogen-bond acceptors (Lipinski definition) is 5. The fraction of sp³-hybridized carbons (Fsp3) is 0.154. The molecule has 1 aliphatic rings. The smallest absolute Gasteiger partial charge is 0.267 e. The average Bonchev–Trinajstić information content (AvgIpc) is 3.12. The van der Waals surface area contributed by atoms with E-state index in [9.17, 15) is 4.79 Å². The topological polar surface area (TPSA) is 51.1 Å². The lowest BCUT2D eigenvalue weighted by Gasteiger charge is -2.15. The second kappa shape index (κ2) is 10.9. The molecule has 0 N–H and O–H groups in total. The summed E-state index contributed by atoms with van der Waals surface area (Å²) >= 11 is 3.61. The highest BCUT2D eigenvalue weighted by molar-refractivity contribution is 14.1. The van der Waals surface area contributed by atoms with Crippen LogP contribution in [0.15, 0.2) is 82.7 Å². The van der Waals surface area contributed by atoms with Gasteiger partial charge in [-0.2, -0.15) is 0 Å². The van der Waals surface area contributed by atoms with E-state index in [-0.39, 0.29) is 5.91 Å². The minimum Gasteiger partial charge on any atom is -0.493 e.